The van der Waals surface area contributed by atoms with Gasteiger partial charge in [-0.3, -0.25) is 0 Å². The summed E-state index contributed by atoms with van der Waals surface area (Å²) in [5.41, 5.74) is 19.8. The van der Waals surface area contributed by atoms with Gasteiger partial charge in [0, 0.05) is 33.4 Å². The summed E-state index contributed by atoms with van der Waals surface area (Å²) >= 11 is 0. The second kappa shape index (κ2) is 15.8. The van der Waals surface area contributed by atoms with E-state index in [1.165, 1.54) is 88.2 Å². The number of hydrogen-bond donors (Lipinski definition) is 1. The van der Waals surface area contributed by atoms with Crippen molar-refractivity contribution in [1.29, 1.82) is 0 Å². The van der Waals surface area contributed by atoms with E-state index in [1.54, 1.807) is 0 Å². The number of nitrogens with one attached hydrogen (secondary N) is 1. The van der Waals surface area contributed by atoms with Gasteiger partial charge in [-0.15, -0.1) is 0 Å². The zero-order chi connectivity index (χ0) is 44.3. The summed E-state index contributed by atoms with van der Waals surface area (Å²) in [4.78, 5) is 0. The van der Waals surface area contributed by atoms with Crippen LogP contribution in [-0.2, 0) is 5.41 Å². The molecule has 0 spiro atoms. The van der Waals surface area contributed by atoms with Gasteiger partial charge in [0.15, 0.2) is 0 Å². The smallest absolute Gasteiger partial charge is 0.0720 e. The molecule has 1 N–H and O–H groups in total. The summed E-state index contributed by atoms with van der Waals surface area (Å²) in [5, 5.41) is 8.70. The molecule has 0 saturated heterocycles. The van der Waals surface area contributed by atoms with Crippen LogP contribution in [0.3, 0.4) is 0 Å². The molecule has 13 rings (SSSR count). The first-order valence-corrected chi connectivity index (χ1v) is 23.2. The lowest BCUT2D eigenvalue weighted by Crippen LogP contribution is -2.28. The predicted molar refractivity (Wildman–Crippen MR) is 282 cm³/mol. The number of para-hydroxylation sites is 1. The first kappa shape index (κ1) is 38.7. The van der Waals surface area contributed by atoms with Crippen LogP contribution in [0.15, 0.2) is 261 Å². The van der Waals surface area contributed by atoms with Gasteiger partial charge in [0.05, 0.1) is 16.4 Å². The number of nitrogens with zero attached hydrogens (tertiary/aromatic N) is 1. The molecular formula is C65H44N2. The Bertz CT molecular complexity index is 3770. The molecular weight excluding hydrogens is 809 g/mol. The van der Waals surface area contributed by atoms with Crippen LogP contribution in [0.25, 0.3) is 82.8 Å². The Hall–Kier alpha value is -8.72. The third-order valence-electron chi connectivity index (χ3n) is 14.0. The lowest BCUT2D eigenvalue weighted by molar-refractivity contribution is 0.776. The molecule has 314 valence electrons. The van der Waals surface area contributed by atoms with Crippen molar-refractivity contribution in [1.82, 2.24) is 4.57 Å². The predicted octanol–water partition coefficient (Wildman–Crippen LogP) is 17.0. The zero-order valence-electron chi connectivity index (χ0n) is 36.8. The van der Waals surface area contributed by atoms with Gasteiger partial charge < -0.3 is 9.88 Å². The van der Waals surface area contributed by atoms with Crippen molar-refractivity contribution in [3.8, 4) is 50.2 Å². The second-order valence-electron chi connectivity index (χ2n) is 17.7. The van der Waals surface area contributed by atoms with Crippen LogP contribution < -0.4 is 5.32 Å². The van der Waals surface area contributed by atoms with Crippen molar-refractivity contribution in [3.05, 3.63) is 283 Å². The fraction of sp³-hybridized carbons (Fsp3) is 0.0154. The highest BCUT2D eigenvalue weighted by atomic mass is 15.0. The van der Waals surface area contributed by atoms with Crippen molar-refractivity contribution < 1.29 is 0 Å². The Labute approximate surface area is 390 Å². The highest BCUT2D eigenvalue weighted by molar-refractivity contribution is 6.16. The van der Waals surface area contributed by atoms with Crippen LogP contribution in [0, 0.1) is 0 Å². The summed E-state index contributed by atoms with van der Waals surface area (Å²) in [6.45, 7) is 0. The van der Waals surface area contributed by atoms with Crippen molar-refractivity contribution in [2.45, 2.75) is 5.41 Å². The molecule has 0 aliphatic heterocycles. The number of aromatic nitrogens is 1. The maximum atomic E-state index is 3.75. The van der Waals surface area contributed by atoms with E-state index in [2.05, 4.69) is 271 Å². The minimum Gasteiger partial charge on any atom is -0.355 e. The summed E-state index contributed by atoms with van der Waals surface area (Å²) in [7, 11) is 0. The van der Waals surface area contributed by atoms with Crippen LogP contribution in [0.5, 0.6) is 0 Å². The van der Waals surface area contributed by atoms with Gasteiger partial charge in [-0.25, -0.2) is 0 Å². The summed E-state index contributed by atoms with van der Waals surface area (Å²) < 4.78 is 2.50. The molecule has 11 aromatic carbocycles. The van der Waals surface area contributed by atoms with Gasteiger partial charge in [0.25, 0.3) is 0 Å². The molecule has 0 radical (unpaired) electrons. The van der Waals surface area contributed by atoms with E-state index in [-0.39, 0.29) is 0 Å². The highest BCUT2D eigenvalue weighted by Gasteiger charge is 2.47. The molecule has 2 nitrogen and oxygen atoms in total. The van der Waals surface area contributed by atoms with Crippen molar-refractivity contribution in [3.63, 3.8) is 0 Å². The van der Waals surface area contributed by atoms with E-state index in [4.69, 9.17) is 0 Å². The van der Waals surface area contributed by atoms with Crippen molar-refractivity contribution in [2.75, 3.05) is 5.32 Å². The topological polar surface area (TPSA) is 17.0 Å². The van der Waals surface area contributed by atoms with Crippen LogP contribution in [-0.4, -0.2) is 4.57 Å². The monoisotopic (exact) mass is 852 g/mol. The van der Waals surface area contributed by atoms with Crippen LogP contribution in [0.2, 0.25) is 0 Å². The number of hydrogen-bond acceptors (Lipinski definition) is 1. The minimum absolute atomic E-state index is 0.565. The number of anilines is 2. The van der Waals surface area contributed by atoms with Gasteiger partial charge in [-0.2, -0.15) is 0 Å². The summed E-state index contributed by atoms with van der Waals surface area (Å²) in [6.07, 6.45) is 0. The zero-order valence-corrected chi connectivity index (χ0v) is 36.8. The third-order valence-corrected chi connectivity index (χ3v) is 14.0. The standard InChI is InChI=1S/C65H44N2/c1-4-17-44(18-5-1)46-31-35-53(36-32-46)66-60-30-15-13-27-55(60)50-22-16-21-47(41-50)49-34-39-61-58(43-49)63-62(67(61)54-37-33-45-19-10-11-20-48(45)42-54)40-38-57-56-28-12-14-29-59(56)65(64(57)63,51-23-6-2-7-24-51)52-25-8-3-9-26-52/h1-43,66H. The molecule has 0 saturated carbocycles. The lowest BCUT2D eigenvalue weighted by atomic mass is 9.67. The first-order valence-electron chi connectivity index (χ1n) is 23.2. The fourth-order valence-corrected chi connectivity index (χ4v) is 11.1. The highest BCUT2D eigenvalue weighted by Crippen LogP contribution is 2.59. The Morgan fingerprint density at radius 2 is 0.925 bits per heavy atom. The van der Waals surface area contributed by atoms with E-state index in [1.807, 2.05) is 0 Å². The van der Waals surface area contributed by atoms with Crippen molar-refractivity contribution >= 4 is 44.0 Å². The summed E-state index contributed by atoms with van der Waals surface area (Å²) in [5.74, 6) is 0. The number of rotatable bonds is 8. The maximum Gasteiger partial charge on any atom is 0.0720 e. The third kappa shape index (κ3) is 6.26. The van der Waals surface area contributed by atoms with Gasteiger partial charge >= 0.3 is 0 Å². The Morgan fingerprint density at radius 1 is 0.343 bits per heavy atom. The molecule has 1 aromatic heterocycles. The van der Waals surface area contributed by atoms with Crippen LogP contribution in [0.4, 0.5) is 11.4 Å². The molecule has 0 unspecified atom stereocenters. The molecule has 0 atom stereocenters. The Balaban J connectivity index is 1.02. The van der Waals surface area contributed by atoms with Crippen molar-refractivity contribution in [2.24, 2.45) is 0 Å². The molecule has 1 aliphatic rings. The molecule has 1 heterocycles. The lowest BCUT2D eigenvalue weighted by Gasteiger charge is -2.34. The molecule has 1 aliphatic carbocycles. The fourth-order valence-electron chi connectivity index (χ4n) is 11.1. The molecule has 0 amide bonds. The molecule has 0 bridgehead atoms. The number of fused-ring (bicyclic) bond motifs is 8. The quantitative estimate of drug-likeness (QED) is 0.161. The van der Waals surface area contributed by atoms with E-state index in [9.17, 15) is 0 Å². The minimum atomic E-state index is -0.565. The Kier molecular flexibility index (Phi) is 9.11. The largest absolute Gasteiger partial charge is 0.355 e. The average Bonchev–Trinajstić information content (AvgIpc) is 3.90. The molecule has 0 fully saturated rings. The molecule has 67 heavy (non-hydrogen) atoms. The van der Waals surface area contributed by atoms with Gasteiger partial charge in [0.2, 0.25) is 0 Å². The molecule has 2 heteroatoms. The molecule has 12 aromatic rings. The van der Waals surface area contributed by atoms with Gasteiger partial charge in [-0.1, -0.05) is 206 Å². The average molecular weight is 853 g/mol. The summed E-state index contributed by atoms with van der Waals surface area (Å²) in [6, 6.07) is 95.7. The van der Waals surface area contributed by atoms with Crippen LogP contribution in [0.1, 0.15) is 22.3 Å². The SMILES string of the molecule is c1ccc(-c2ccc(Nc3ccccc3-c3cccc(-c4ccc5c(c4)c4c6c(ccc4n5-c4ccc5ccccc5c4)-c4ccccc4C6(c4ccccc4)c4ccccc4)c3)cc2)cc1. The van der Waals surface area contributed by atoms with E-state index in [0.29, 0.717) is 0 Å². The normalized spacial score (nSPS) is 12.6. The number of benzene rings is 11. The van der Waals surface area contributed by atoms with E-state index >= 15 is 0 Å². The first-order chi connectivity index (χ1) is 33.2. The van der Waals surface area contributed by atoms with E-state index < -0.39 is 5.41 Å². The second-order valence-corrected chi connectivity index (χ2v) is 17.7. The van der Waals surface area contributed by atoms with Crippen LogP contribution >= 0.6 is 0 Å². The Morgan fingerprint density at radius 3 is 1.70 bits per heavy atom. The maximum absolute atomic E-state index is 3.75. The van der Waals surface area contributed by atoms with E-state index in [0.717, 1.165) is 28.2 Å². The van der Waals surface area contributed by atoms with Gasteiger partial charge in [-0.05, 0) is 127 Å². The van der Waals surface area contributed by atoms with Gasteiger partial charge in [0.1, 0.15) is 0 Å².